The highest BCUT2D eigenvalue weighted by molar-refractivity contribution is 9.10. The highest BCUT2D eigenvalue weighted by Crippen LogP contribution is 2.39. The van der Waals surface area contributed by atoms with Crippen LogP contribution in [0.25, 0.3) is 0 Å². The minimum Gasteiger partial charge on any atom is -0.465 e. The molecule has 130 valence electrons. The lowest BCUT2D eigenvalue weighted by Gasteiger charge is -2.24. The molecule has 1 unspecified atom stereocenters. The van der Waals surface area contributed by atoms with Crippen LogP contribution in [-0.4, -0.2) is 25.4 Å². The average molecular weight is 397 g/mol. The summed E-state index contributed by atoms with van der Waals surface area (Å²) in [6, 6.07) is 5.26. The molecule has 1 aliphatic heterocycles. The molecule has 24 heavy (non-hydrogen) atoms. The molecule has 0 amide bonds. The zero-order valence-corrected chi connectivity index (χ0v) is 15.4. The van der Waals surface area contributed by atoms with Gasteiger partial charge in [-0.05, 0) is 37.5 Å². The Morgan fingerprint density at radius 1 is 1.42 bits per heavy atom. The molecule has 0 fully saturated rings. The topological polar surface area (TPSA) is 80.6 Å². The fraction of sp³-hybridized carbons (Fsp3) is 0.529. The number of halogens is 1. The summed E-state index contributed by atoms with van der Waals surface area (Å²) < 4.78 is 16.8. The number of esters is 1. The van der Waals surface area contributed by atoms with Crippen molar-refractivity contribution < 1.29 is 19.0 Å². The summed E-state index contributed by atoms with van der Waals surface area (Å²) in [5.74, 6) is 1.06. The number of carbonyl (C=O) groups is 1. The standard InChI is InChI=1S/C17H21BrN2O4/c1-3-13(20-14(6-5-7-19)17(21)22-4-2)11-8-15-16(9-12(11)18)24-10-23-15/h8-9,13-14,20H,3-6,10H2,1-2H3/t13?,14-/m0/s1. The van der Waals surface area contributed by atoms with Crippen molar-refractivity contribution in [2.75, 3.05) is 13.4 Å². The molecule has 0 saturated carbocycles. The molecule has 6 nitrogen and oxygen atoms in total. The van der Waals surface area contributed by atoms with E-state index in [1.54, 1.807) is 6.92 Å². The molecular weight excluding hydrogens is 376 g/mol. The maximum atomic E-state index is 12.2. The third kappa shape index (κ3) is 4.40. The van der Waals surface area contributed by atoms with E-state index in [1.165, 1.54) is 0 Å². The van der Waals surface area contributed by atoms with Crippen molar-refractivity contribution >= 4 is 21.9 Å². The minimum absolute atomic E-state index is 0.0815. The van der Waals surface area contributed by atoms with E-state index in [1.807, 2.05) is 19.1 Å². The van der Waals surface area contributed by atoms with Gasteiger partial charge in [-0.3, -0.25) is 10.1 Å². The Morgan fingerprint density at radius 2 is 2.12 bits per heavy atom. The highest BCUT2D eigenvalue weighted by atomic mass is 79.9. The second kappa shape index (κ2) is 8.90. The lowest BCUT2D eigenvalue weighted by molar-refractivity contribution is -0.146. The molecule has 1 aliphatic rings. The molecule has 1 aromatic carbocycles. The molecule has 0 aliphatic carbocycles. The summed E-state index contributed by atoms with van der Waals surface area (Å²) in [5.41, 5.74) is 0.980. The molecule has 1 heterocycles. The quantitative estimate of drug-likeness (QED) is 0.677. The first-order chi connectivity index (χ1) is 11.6. The molecule has 2 rings (SSSR count). The number of nitrogens with one attached hydrogen (secondary N) is 1. The Bertz CT molecular complexity index is 630. The molecule has 0 spiro atoms. The number of fused-ring (bicyclic) bond motifs is 1. The van der Waals surface area contributed by atoms with Gasteiger partial charge in [0.1, 0.15) is 6.04 Å². The molecule has 1 N–H and O–H groups in total. The first-order valence-corrected chi connectivity index (χ1v) is 8.78. The Morgan fingerprint density at radius 3 is 2.75 bits per heavy atom. The van der Waals surface area contributed by atoms with Crippen LogP contribution in [0, 0.1) is 11.3 Å². The number of ether oxygens (including phenoxy) is 3. The lowest BCUT2D eigenvalue weighted by Crippen LogP contribution is -2.40. The van der Waals surface area contributed by atoms with Gasteiger partial charge in [-0.15, -0.1) is 0 Å². The summed E-state index contributed by atoms with van der Waals surface area (Å²) in [5, 5.41) is 12.1. The van der Waals surface area contributed by atoms with Gasteiger partial charge in [0.15, 0.2) is 11.5 Å². The fourth-order valence-electron chi connectivity index (χ4n) is 2.59. The van der Waals surface area contributed by atoms with Crippen LogP contribution in [0.2, 0.25) is 0 Å². The average Bonchev–Trinajstić information content (AvgIpc) is 3.02. The van der Waals surface area contributed by atoms with E-state index < -0.39 is 6.04 Å². The van der Waals surface area contributed by atoms with Crippen LogP contribution < -0.4 is 14.8 Å². The van der Waals surface area contributed by atoms with Crippen molar-refractivity contribution in [2.24, 2.45) is 0 Å². The summed E-state index contributed by atoms with van der Waals surface area (Å²) in [6.07, 6.45) is 1.46. The number of nitriles is 1. The summed E-state index contributed by atoms with van der Waals surface area (Å²) in [7, 11) is 0. The zero-order valence-electron chi connectivity index (χ0n) is 13.8. The van der Waals surface area contributed by atoms with Crippen molar-refractivity contribution in [3.63, 3.8) is 0 Å². The monoisotopic (exact) mass is 396 g/mol. The van der Waals surface area contributed by atoms with Crippen LogP contribution in [0.4, 0.5) is 0 Å². The van der Waals surface area contributed by atoms with Gasteiger partial charge < -0.3 is 14.2 Å². The number of carbonyl (C=O) groups excluding carboxylic acids is 1. The van der Waals surface area contributed by atoms with Crippen molar-refractivity contribution in [3.8, 4) is 17.6 Å². The maximum absolute atomic E-state index is 12.2. The number of nitrogens with zero attached hydrogens (tertiary/aromatic N) is 1. The third-order valence-corrected chi connectivity index (χ3v) is 4.48. The van der Waals surface area contributed by atoms with Gasteiger partial charge in [0.25, 0.3) is 0 Å². The Kier molecular flexibility index (Phi) is 6.88. The van der Waals surface area contributed by atoms with Gasteiger partial charge in [0.2, 0.25) is 6.79 Å². The first kappa shape index (κ1) is 18.6. The van der Waals surface area contributed by atoms with Gasteiger partial charge in [0, 0.05) is 16.9 Å². The molecule has 0 saturated heterocycles. The van der Waals surface area contributed by atoms with Gasteiger partial charge >= 0.3 is 5.97 Å². The van der Waals surface area contributed by atoms with Crippen molar-refractivity contribution in [2.45, 2.75) is 45.2 Å². The molecule has 0 radical (unpaired) electrons. The number of benzene rings is 1. The maximum Gasteiger partial charge on any atom is 0.323 e. The van der Waals surface area contributed by atoms with Crippen molar-refractivity contribution in [3.05, 3.63) is 22.2 Å². The van der Waals surface area contributed by atoms with E-state index in [2.05, 4.69) is 27.3 Å². The van der Waals surface area contributed by atoms with Gasteiger partial charge in [-0.1, -0.05) is 22.9 Å². The van der Waals surface area contributed by atoms with Crippen molar-refractivity contribution in [1.82, 2.24) is 5.32 Å². The number of rotatable bonds is 8. The predicted molar refractivity (Wildman–Crippen MR) is 91.7 cm³/mol. The second-order valence-corrected chi connectivity index (χ2v) is 6.21. The zero-order chi connectivity index (χ0) is 17.5. The highest BCUT2D eigenvalue weighted by Gasteiger charge is 2.26. The third-order valence-electron chi connectivity index (χ3n) is 3.79. The van der Waals surface area contributed by atoms with E-state index >= 15 is 0 Å². The normalized spacial score (nSPS) is 14.8. The van der Waals surface area contributed by atoms with Gasteiger partial charge in [-0.25, -0.2) is 0 Å². The molecule has 2 atom stereocenters. The number of hydrogen-bond donors (Lipinski definition) is 1. The Hall–Kier alpha value is -1.78. The van der Waals surface area contributed by atoms with Gasteiger partial charge in [0.05, 0.1) is 12.7 Å². The van der Waals surface area contributed by atoms with E-state index in [-0.39, 0.29) is 25.2 Å². The summed E-state index contributed by atoms with van der Waals surface area (Å²) >= 11 is 3.56. The van der Waals surface area contributed by atoms with Crippen LogP contribution >= 0.6 is 15.9 Å². The van der Waals surface area contributed by atoms with Crippen LogP contribution in [0.5, 0.6) is 11.5 Å². The van der Waals surface area contributed by atoms with E-state index in [9.17, 15) is 4.79 Å². The lowest BCUT2D eigenvalue weighted by atomic mass is 10.0. The van der Waals surface area contributed by atoms with Crippen LogP contribution in [0.15, 0.2) is 16.6 Å². The number of hydrogen-bond acceptors (Lipinski definition) is 6. The SMILES string of the molecule is CCOC(=O)[C@H](CCC#N)NC(CC)c1cc2c(cc1Br)OCO2. The molecule has 7 heteroatoms. The van der Waals surface area contributed by atoms with Crippen molar-refractivity contribution in [1.29, 1.82) is 5.26 Å². The molecule has 1 aromatic rings. The summed E-state index contributed by atoms with van der Waals surface area (Å²) in [4.78, 5) is 12.2. The second-order valence-electron chi connectivity index (χ2n) is 5.36. The largest absolute Gasteiger partial charge is 0.465 e. The predicted octanol–water partition coefficient (Wildman–Crippen LogP) is 3.45. The van der Waals surface area contributed by atoms with E-state index in [0.29, 0.717) is 24.5 Å². The van der Waals surface area contributed by atoms with Gasteiger partial charge in [-0.2, -0.15) is 5.26 Å². The fourth-order valence-corrected chi connectivity index (χ4v) is 3.19. The van der Waals surface area contributed by atoms with Crippen LogP contribution in [0.3, 0.4) is 0 Å². The Labute approximate surface area is 150 Å². The molecule has 0 bridgehead atoms. The van der Waals surface area contributed by atoms with Crippen LogP contribution in [0.1, 0.15) is 44.7 Å². The Balaban J connectivity index is 2.20. The smallest absolute Gasteiger partial charge is 0.323 e. The molecule has 0 aromatic heterocycles. The first-order valence-electron chi connectivity index (χ1n) is 7.99. The molecular formula is C17H21BrN2O4. The van der Waals surface area contributed by atoms with Crippen LogP contribution in [-0.2, 0) is 9.53 Å². The minimum atomic E-state index is -0.521. The van der Waals surface area contributed by atoms with E-state index in [4.69, 9.17) is 19.5 Å². The summed E-state index contributed by atoms with van der Waals surface area (Å²) in [6.45, 7) is 4.32. The van der Waals surface area contributed by atoms with E-state index in [0.717, 1.165) is 16.5 Å².